The Morgan fingerprint density at radius 3 is 2.50 bits per heavy atom. The third kappa shape index (κ3) is 4.88. The lowest BCUT2D eigenvalue weighted by Gasteiger charge is -2.40. The molecule has 1 aromatic rings. The van der Waals surface area contributed by atoms with Gasteiger partial charge in [-0.3, -0.25) is 0 Å². The molecule has 8 atom stereocenters. The molecule has 2 aliphatic heterocycles. The number of aliphatic hydroxyl groups is 6. The number of benzene rings is 1. The van der Waals surface area contributed by atoms with Crippen molar-refractivity contribution in [3.8, 4) is 5.75 Å². The van der Waals surface area contributed by atoms with Gasteiger partial charge in [0.25, 0.3) is 0 Å². The van der Waals surface area contributed by atoms with E-state index in [1.807, 2.05) is 0 Å². The van der Waals surface area contributed by atoms with Crippen LogP contribution >= 0.6 is 0 Å². The summed E-state index contributed by atoms with van der Waals surface area (Å²) in [5, 5.41) is 59.9. The largest absolute Gasteiger partial charge is 0.465 e. The van der Waals surface area contributed by atoms with Gasteiger partial charge >= 0.3 is 5.97 Å². The van der Waals surface area contributed by atoms with Crippen molar-refractivity contribution in [2.75, 3.05) is 26.9 Å². The first-order valence-electron chi connectivity index (χ1n) is 9.91. The monoisotopic (exact) mass is 460 g/mol. The molecule has 12 nitrogen and oxygen atoms in total. The Morgan fingerprint density at radius 1 is 1.16 bits per heavy atom. The predicted octanol–water partition coefficient (Wildman–Crippen LogP) is -2.57. The number of ether oxygens (including phenoxy) is 5. The fourth-order valence-corrected chi connectivity index (χ4v) is 3.41. The molecule has 180 valence electrons. The van der Waals surface area contributed by atoms with Crippen molar-refractivity contribution in [3.05, 3.63) is 29.3 Å². The molecule has 2 heterocycles. The summed E-state index contributed by atoms with van der Waals surface area (Å²) in [5.74, 6) is -0.441. The Morgan fingerprint density at radius 2 is 1.88 bits per heavy atom. The molecule has 0 saturated carbocycles. The maximum absolute atomic E-state index is 11.9. The smallest absolute Gasteiger partial charge is 0.338 e. The summed E-state index contributed by atoms with van der Waals surface area (Å²) in [5.41, 5.74) is -1.02. The molecule has 2 saturated heterocycles. The lowest BCUT2D eigenvalue weighted by atomic mass is 9.99. The molecule has 0 aromatic heterocycles. The van der Waals surface area contributed by atoms with E-state index in [2.05, 4.69) is 0 Å². The Balaban J connectivity index is 1.67. The summed E-state index contributed by atoms with van der Waals surface area (Å²) in [6, 6.07) is 4.52. The second-order valence-electron chi connectivity index (χ2n) is 7.82. The molecule has 0 radical (unpaired) electrons. The summed E-state index contributed by atoms with van der Waals surface area (Å²) in [4.78, 5) is 11.9. The molecule has 32 heavy (non-hydrogen) atoms. The van der Waals surface area contributed by atoms with Crippen LogP contribution in [0.15, 0.2) is 18.2 Å². The highest BCUT2D eigenvalue weighted by Gasteiger charge is 2.50. The lowest BCUT2D eigenvalue weighted by molar-refractivity contribution is -0.289. The fraction of sp³-hybridized carbons (Fsp3) is 0.650. The Labute approximate surface area is 183 Å². The Kier molecular flexibility index (Phi) is 7.70. The topological polar surface area (TPSA) is 185 Å². The molecule has 12 heteroatoms. The number of esters is 1. The summed E-state index contributed by atoms with van der Waals surface area (Å²) in [7, 11) is 1.23. The van der Waals surface area contributed by atoms with Gasteiger partial charge in [-0.15, -0.1) is 0 Å². The van der Waals surface area contributed by atoms with Crippen LogP contribution < -0.4 is 4.74 Å². The summed E-state index contributed by atoms with van der Waals surface area (Å²) in [6.45, 7) is 0.177. The van der Waals surface area contributed by atoms with Crippen molar-refractivity contribution in [1.29, 1.82) is 0 Å². The minimum Gasteiger partial charge on any atom is -0.465 e. The van der Waals surface area contributed by atoms with Crippen LogP contribution in [0.25, 0.3) is 0 Å². The van der Waals surface area contributed by atoms with Crippen molar-refractivity contribution < 1.29 is 59.1 Å². The van der Waals surface area contributed by atoms with E-state index < -0.39 is 67.9 Å². The second-order valence-corrected chi connectivity index (χ2v) is 7.82. The van der Waals surface area contributed by atoms with E-state index in [4.69, 9.17) is 23.7 Å². The fourth-order valence-electron chi connectivity index (χ4n) is 3.41. The van der Waals surface area contributed by atoms with Crippen molar-refractivity contribution in [2.45, 2.75) is 55.6 Å². The SMILES string of the molecule is COC(=O)c1cc(OC2OC(COC3OCC(O)(CO)C3O)C(O)C(O)C2O)ccc1C. The van der Waals surface area contributed by atoms with Crippen molar-refractivity contribution in [3.63, 3.8) is 0 Å². The van der Waals surface area contributed by atoms with Crippen molar-refractivity contribution in [1.82, 2.24) is 0 Å². The molecule has 2 aliphatic rings. The van der Waals surface area contributed by atoms with Crippen LogP contribution in [0.1, 0.15) is 15.9 Å². The van der Waals surface area contributed by atoms with E-state index >= 15 is 0 Å². The standard InChI is InChI=1S/C20H28O12/c1-9-3-4-10(5-11(9)17(26)28-2)31-18-15(24)14(23)13(22)12(32-18)6-29-19-16(25)20(27,7-21)8-30-19/h3-5,12-16,18-19,21-25,27H,6-8H2,1-2H3. The minimum atomic E-state index is -1.89. The maximum Gasteiger partial charge on any atom is 0.338 e. The van der Waals surface area contributed by atoms with Gasteiger partial charge in [-0.1, -0.05) is 6.07 Å². The molecular formula is C20H28O12. The average Bonchev–Trinajstić information content (AvgIpc) is 3.08. The number of hydrogen-bond acceptors (Lipinski definition) is 12. The molecule has 8 unspecified atom stereocenters. The molecule has 3 rings (SSSR count). The normalized spacial score (nSPS) is 37.3. The first-order chi connectivity index (χ1) is 15.1. The van der Waals surface area contributed by atoms with Gasteiger partial charge in [-0.2, -0.15) is 0 Å². The Hall–Kier alpha value is -1.87. The summed E-state index contributed by atoms with van der Waals surface area (Å²) in [6.07, 6.45) is -10.4. The third-order valence-corrected chi connectivity index (χ3v) is 5.54. The molecule has 0 bridgehead atoms. The molecule has 2 fully saturated rings. The van der Waals surface area contributed by atoms with Crippen molar-refractivity contribution >= 4 is 5.97 Å². The lowest BCUT2D eigenvalue weighted by Crippen LogP contribution is -2.60. The number of hydrogen-bond donors (Lipinski definition) is 6. The quantitative estimate of drug-likeness (QED) is 0.234. The zero-order chi connectivity index (χ0) is 23.6. The molecular weight excluding hydrogens is 432 g/mol. The average molecular weight is 460 g/mol. The Bertz CT molecular complexity index is 803. The van der Waals surface area contributed by atoms with Crippen LogP contribution in [-0.2, 0) is 18.9 Å². The molecule has 1 aromatic carbocycles. The van der Waals surface area contributed by atoms with Crippen LogP contribution in [0, 0.1) is 6.92 Å². The van der Waals surface area contributed by atoms with E-state index in [1.54, 1.807) is 13.0 Å². The van der Waals surface area contributed by atoms with Gasteiger partial charge in [0.15, 0.2) is 6.29 Å². The molecule has 0 aliphatic carbocycles. The maximum atomic E-state index is 11.9. The van der Waals surface area contributed by atoms with Gasteiger partial charge in [-0.05, 0) is 24.6 Å². The first-order valence-corrected chi connectivity index (χ1v) is 9.91. The minimum absolute atomic E-state index is 0.144. The molecule has 0 spiro atoms. The highest BCUT2D eigenvalue weighted by molar-refractivity contribution is 5.91. The number of carbonyl (C=O) groups is 1. The van der Waals surface area contributed by atoms with Gasteiger partial charge in [0.1, 0.15) is 41.9 Å². The summed E-state index contributed by atoms with van der Waals surface area (Å²) < 4.78 is 26.3. The zero-order valence-electron chi connectivity index (χ0n) is 17.5. The van der Waals surface area contributed by atoms with E-state index in [1.165, 1.54) is 19.2 Å². The van der Waals surface area contributed by atoms with Crippen LogP contribution in [0.2, 0.25) is 0 Å². The highest BCUT2D eigenvalue weighted by atomic mass is 16.7. The second kappa shape index (κ2) is 9.95. The van der Waals surface area contributed by atoms with Gasteiger partial charge < -0.3 is 54.3 Å². The van der Waals surface area contributed by atoms with Crippen LogP contribution in [-0.4, -0.2) is 112 Å². The van der Waals surface area contributed by atoms with Crippen LogP contribution in [0.3, 0.4) is 0 Å². The van der Waals surface area contributed by atoms with E-state index in [0.29, 0.717) is 5.56 Å². The van der Waals surface area contributed by atoms with Gasteiger partial charge in [0.2, 0.25) is 6.29 Å². The van der Waals surface area contributed by atoms with Gasteiger partial charge in [0.05, 0.1) is 32.5 Å². The third-order valence-electron chi connectivity index (χ3n) is 5.54. The summed E-state index contributed by atoms with van der Waals surface area (Å²) >= 11 is 0. The van der Waals surface area contributed by atoms with E-state index in [9.17, 15) is 35.4 Å². The number of aliphatic hydroxyl groups excluding tert-OH is 5. The van der Waals surface area contributed by atoms with Crippen LogP contribution in [0.4, 0.5) is 0 Å². The number of methoxy groups -OCH3 is 1. The van der Waals surface area contributed by atoms with Gasteiger partial charge in [0, 0.05) is 0 Å². The molecule has 6 N–H and O–H groups in total. The van der Waals surface area contributed by atoms with E-state index in [-0.39, 0.29) is 17.9 Å². The highest BCUT2D eigenvalue weighted by Crippen LogP contribution is 2.29. The zero-order valence-corrected chi connectivity index (χ0v) is 17.5. The predicted molar refractivity (Wildman–Crippen MR) is 104 cm³/mol. The number of aryl methyl sites for hydroxylation is 1. The van der Waals surface area contributed by atoms with Crippen LogP contribution in [0.5, 0.6) is 5.75 Å². The number of rotatable bonds is 7. The van der Waals surface area contributed by atoms with E-state index in [0.717, 1.165) is 0 Å². The first kappa shape index (κ1) is 24.8. The van der Waals surface area contributed by atoms with Crippen molar-refractivity contribution in [2.24, 2.45) is 0 Å². The molecule has 0 amide bonds. The van der Waals surface area contributed by atoms with Gasteiger partial charge in [-0.25, -0.2) is 4.79 Å². The number of carbonyl (C=O) groups excluding carboxylic acids is 1.